The van der Waals surface area contributed by atoms with E-state index in [1.807, 2.05) is 0 Å². The fourth-order valence-corrected chi connectivity index (χ4v) is 2.30. The van der Waals surface area contributed by atoms with Crippen LogP contribution in [0.1, 0.15) is 51.9 Å². The zero-order valence-corrected chi connectivity index (χ0v) is 7.94. The Kier molecular flexibility index (Phi) is 3.57. The van der Waals surface area contributed by atoms with Gasteiger partial charge in [0, 0.05) is 5.54 Å². The highest BCUT2D eigenvalue weighted by Gasteiger charge is 2.29. The van der Waals surface area contributed by atoms with Crippen LogP contribution in [0, 0.1) is 0 Å². The molecule has 1 aliphatic rings. The molecule has 2 nitrogen and oxygen atoms in total. The molecule has 0 unspecified atom stereocenters. The summed E-state index contributed by atoms with van der Waals surface area (Å²) in [4.78, 5) is 10.4. The van der Waals surface area contributed by atoms with E-state index in [-0.39, 0.29) is 5.54 Å². The number of rotatable bonds is 4. The van der Waals surface area contributed by atoms with Gasteiger partial charge < -0.3 is 5.32 Å². The third kappa shape index (κ3) is 2.23. The summed E-state index contributed by atoms with van der Waals surface area (Å²) in [6.07, 6.45) is 9.44. The fourth-order valence-electron chi connectivity index (χ4n) is 2.30. The van der Waals surface area contributed by atoms with Gasteiger partial charge in [0.25, 0.3) is 0 Å². The monoisotopic (exact) mass is 169 g/mol. The Morgan fingerprint density at radius 2 is 2.00 bits per heavy atom. The molecule has 12 heavy (non-hydrogen) atoms. The molecule has 1 N–H and O–H groups in total. The minimum absolute atomic E-state index is 0.161. The van der Waals surface area contributed by atoms with Crippen LogP contribution in [-0.4, -0.2) is 11.9 Å². The van der Waals surface area contributed by atoms with Gasteiger partial charge in [-0.15, -0.1) is 0 Å². The quantitative estimate of drug-likeness (QED) is 0.642. The van der Waals surface area contributed by atoms with Crippen LogP contribution in [0.25, 0.3) is 0 Å². The van der Waals surface area contributed by atoms with Crippen LogP contribution in [0.2, 0.25) is 0 Å². The maximum Gasteiger partial charge on any atom is 0.207 e. The zero-order valence-electron chi connectivity index (χ0n) is 7.94. The van der Waals surface area contributed by atoms with Crippen LogP contribution >= 0.6 is 0 Å². The average molecular weight is 169 g/mol. The molecule has 0 bridgehead atoms. The van der Waals surface area contributed by atoms with E-state index in [9.17, 15) is 4.79 Å². The lowest BCUT2D eigenvalue weighted by Crippen LogP contribution is -2.45. The molecule has 70 valence electrons. The van der Waals surface area contributed by atoms with Gasteiger partial charge in [0.15, 0.2) is 0 Å². The second-order valence-corrected chi connectivity index (χ2v) is 3.85. The smallest absolute Gasteiger partial charge is 0.207 e. The van der Waals surface area contributed by atoms with Gasteiger partial charge in [0.1, 0.15) is 0 Å². The SMILES string of the molecule is CCCC1(NC=O)CCCCC1. The van der Waals surface area contributed by atoms with Crippen LogP contribution in [0.15, 0.2) is 0 Å². The molecule has 1 amide bonds. The van der Waals surface area contributed by atoms with Crippen molar-refractivity contribution in [2.24, 2.45) is 0 Å². The van der Waals surface area contributed by atoms with Crippen molar-refractivity contribution in [3.63, 3.8) is 0 Å². The van der Waals surface area contributed by atoms with Gasteiger partial charge in [-0.05, 0) is 19.3 Å². The zero-order chi connectivity index (χ0) is 8.86. The van der Waals surface area contributed by atoms with Crippen LogP contribution < -0.4 is 5.32 Å². The summed E-state index contributed by atoms with van der Waals surface area (Å²) in [7, 11) is 0. The van der Waals surface area contributed by atoms with Gasteiger partial charge >= 0.3 is 0 Å². The van der Waals surface area contributed by atoms with Crippen molar-refractivity contribution in [1.29, 1.82) is 0 Å². The molecule has 0 aliphatic heterocycles. The molecular weight excluding hydrogens is 150 g/mol. The standard InChI is InChI=1S/C10H19NO/c1-2-6-10(11-9-12)7-4-3-5-8-10/h9H,2-8H2,1H3,(H,11,12). The highest BCUT2D eigenvalue weighted by atomic mass is 16.1. The molecule has 1 rings (SSSR count). The van der Waals surface area contributed by atoms with E-state index in [2.05, 4.69) is 12.2 Å². The number of nitrogens with one attached hydrogen (secondary N) is 1. The third-order valence-electron chi connectivity index (χ3n) is 2.90. The summed E-state index contributed by atoms with van der Waals surface area (Å²) < 4.78 is 0. The molecule has 0 atom stereocenters. The molecule has 1 fully saturated rings. The third-order valence-corrected chi connectivity index (χ3v) is 2.90. The van der Waals surface area contributed by atoms with E-state index in [1.54, 1.807) is 0 Å². The molecule has 0 spiro atoms. The fraction of sp³-hybridized carbons (Fsp3) is 0.900. The Bertz CT molecular complexity index is 133. The van der Waals surface area contributed by atoms with E-state index in [0.29, 0.717) is 0 Å². The minimum atomic E-state index is 0.161. The lowest BCUT2D eigenvalue weighted by atomic mass is 9.79. The van der Waals surface area contributed by atoms with Crippen LogP contribution in [0.5, 0.6) is 0 Å². The summed E-state index contributed by atoms with van der Waals surface area (Å²) in [5.74, 6) is 0. The summed E-state index contributed by atoms with van der Waals surface area (Å²) in [5, 5.41) is 3.02. The Labute approximate surface area is 74.7 Å². The van der Waals surface area contributed by atoms with E-state index >= 15 is 0 Å². The maximum atomic E-state index is 10.4. The molecule has 0 aromatic rings. The van der Waals surface area contributed by atoms with Crippen molar-refractivity contribution in [3.8, 4) is 0 Å². The van der Waals surface area contributed by atoms with Crippen LogP contribution in [0.3, 0.4) is 0 Å². The molecule has 0 heterocycles. The first kappa shape index (κ1) is 9.56. The van der Waals surface area contributed by atoms with Gasteiger partial charge in [-0.1, -0.05) is 32.6 Å². The molecule has 1 saturated carbocycles. The summed E-state index contributed by atoms with van der Waals surface area (Å²) in [5.41, 5.74) is 0.161. The Hall–Kier alpha value is -0.530. The summed E-state index contributed by atoms with van der Waals surface area (Å²) >= 11 is 0. The lowest BCUT2D eigenvalue weighted by molar-refractivity contribution is -0.111. The Morgan fingerprint density at radius 1 is 1.33 bits per heavy atom. The normalized spacial score (nSPS) is 21.8. The van der Waals surface area contributed by atoms with Crippen molar-refractivity contribution in [2.45, 2.75) is 57.4 Å². The van der Waals surface area contributed by atoms with Crippen molar-refractivity contribution in [2.75, 3.05) is 0 Å². The minimum Gasteiger partial charge on any atom is -0.353 e. The van der Waals surface area contributed by atoms with E-state index < -0.39 is 0 Å². The predicted octanol–water partition coefficient (Wildman–Crippen LogP) is 2.24. The number of hydrogen-bond acceptors (Lipinski definition) is 1. The molecule has 0 aromatic heterocycles. The number of carbonyl (C=O) groups is 1. The topological polar surface area (TPSA) is 29.1 Å². The van der Waals surface area contributed by atoms with Gasteiger partial charge in [-0.3, -0.25) is 4.79 Å². The van der Waals surface area contributed by atoms with E-state index in [1.165, 1.54) is 38.5 Å². The number of amides is 1. The van der Waals surface area contributed by atoms with Crippen molar-refractivity contribution in [3.05, 3.63) is 0 Å². The van der Waals surface area contributed by atoms with Gasteiger partial charge in [0.2, 0.25) is 6.41 Å². The first-order chi connectivity index (χ1) is 5.83. The Balaban J connectivity index is 2.49. The van der Waals surface area contributed by atoms with E-state index in [4.69, 9.17) is 0 Å². The second kappa shape index (κ2) is 4.48. The molecule has 0 aromatic carbocycles. The molecule has 2 heteroatoms. The predicted molar refractivity (Wildman–Crippen MR) is 49.9 cm³/mol. The molecule has 1 aliphatic carbocycles. The van der Waals surface area contributed by atoms with Crippen LogP contribution in [0.4, 0.5) is 0 Å². The highest BCUT2D eigenvalue weighted by Crippen LogP contribution is 2.31. The number of carbonyl (C=O) groups excluding carboxylic acids is 1. The maximum absolute atomic E-state index is 10.4. The van der Waals surface area contributed by atoms with Crippen molar-refractivity contribution in [1.82, 2.24) is 5.32 Å². The molecule has 0 saturated heterocycles. The van der Waals surface area contributed by atoms with Crippen LogP contribution in [-0.2, 0) is 4.79 Å². The average Bonchev–Trinajstić information content (AvgIpc) is 2.07. The van der Waals surface area contributed by atoms with Gasteiger partial charge in [0.05, 0.1) is 0 Å². The molecular formula is C10H19NO. The number of hydrogen-bond donors (Lipinski definition) is 1. The summed E-state index contributed by atoms with van der Waals surface area (Å²) in [6.45, 7) is 2.18. The van der Waals surface area contributed by atoms with Crippen molar-refractivity contribution >= 4 is 6.41 Å². The van der Waals surface area contributed by atoms with E-state index in [0.717, 1.165) is 12.8 Å². The molecule has 0 radical (unpaired) electrons. The van der Waals surface area contributed by atoms with Gasteiger partial charge in [-0.25, -0.2) is 0 Å². The highest BCUT2D eigenvalue weighted by molar-refractivity contribution is 5.48. The van der Waals surface area contributed by atoms with Crippen molar-refractivity contribution < 1.29 is 4.79 Å². The lowest BCUT2D eigenvalue weighted by Gasteiger charge is -2.36. The second-order valence-electron chi connectivity index (χ2n) is 3.85. The summed E-state index contributed by atoms with van der Waals surface area (Å²) in [6, 6.07) is 0. The Morgan fingerprint density at radius 3 is 2.50 bits per heavy atom. The first-order valence-electron chi connectivity index (χ1n) is 5.04. The largest absolute Gasteiger partial charge is 0.353 e. The first-order valence-corrected chi connectivity index (χ1v) is 5.04. The van der Waals surface area contributed by atoms with Gasteiger partial charge in [-0.2, -0.15) is 0 Å².